The fourth-order valence-corrected chi connectivity index (χ4v) is 2.33. The van der Waals surface area contributed by atoms with E-state index in [4.69, 9.17) is 0 Å². The molecular formula is C16H21N3O2. The van der Waals surface area contributed by atoms with E-state index in [0.29, 0.717) is 5.82 Å². The number of nitrogens with zero attached hydrogens (tertiary/aromatic N) is 1. The van der Waals surface area contributed by atoms with Crippen LogP contribution in [0.4, 0.5) is 5.82 Å². The molecule has 5 heteroatoms. The second kappa shape index (κ2) is 5.99. The van der Waals surface area contributed by atoms with Gasteiger partial charge in [-0.05, 0) is 33.3 Å². The lowest BCUT2D eigenvalue weighted by Crippen LogP contribution is -2.36. The Labute approximate surface area is 123 Å². The third kappa shape index (κ3) is 3.42. The summed E-state index contributed by atoms with van der Waals surface area (Å²) in [6.45, 7) is 7.63. The highest BCUT2D eigenvalue weighted by Gasteiger charge is 2.10. The minimum Gasteiger partial charge on any atom is -0.365 e. The van der Waals surface area contributed by atoms with E-state index in [1.165, 1.54) is 16.2 Å². The Hall–Kier alpha value is -2.30. The monoisotopic (exact) mass is 287 g/mol. The van der Waals surface area contributed by atoms with Crippen molar-refractivity contribution in [2.45, 2.75) is 39.8 Å². The summed E-state index contributed by atoms with van der Waals surface area (Å²) in [5, 5.41) is 3.16. The Kier molecular flexibility index (Phi) is 4.31. The van der Waals surface area contributed by atoms with E-state index in [1.807, 2.05) is 32.0 Å². The van der Waals surface area contributed by atoms with Gasteiger partial charge in [-0.25, -0.2) is 4.79 Å². The highest BCUT2D eigenvalue weighted by atomic mass is 16.2. The van der Waals surface area contributed by atoms with Crippen LogP contribution in [0.3, 0.4) is 0 Å². The van der Waals surface area contributed by atoms with Gasteiger partial charge in [-0.1, -0.05) is 29.8 Å². The summed E-state index contributed by atoms with van der Waals surface area (Å²) in [6.07, 6.45) is 0. The van der Waals surface area contributed by atoms with Crippen molar-refractivity contribution in [3.05, 3.63) is 62.3 Å². The first-order chi connectivity index (χ1) is 9.88. The summed E-state index contributed by atoms with van der Waals surface area (Å²) < 4.78 is 1.20. The lowest BCUT2D eigenvalue weighted by molar-refractivity contribution is 0.546. The Bertz CT molecular complexity index is 712. The molecule has 0 saturated carbocycles. The number of nitrogens with one attached hydrogen (secondary N) is 2. The number of aryl methyl sites for hydroxylation is 1. The molecule has 0 bridgehead atoms. The van der Waals surface area contributed by atoms with E-state index in [9.17, 15) is 9.59 Å². The summed E-state index contributed by atoms with van der Waals surface area (Å²) in [6, 6.07) is 9.36. The number of hydrogen-bond acceptors (Lipinski definition) is 3. The number of rotatable bonds is 4. The normalized spacial score (nSPS) is 12.4. The van der Waals surface area contributed by atoms with Gasteiger partial charge in [-0.3, -0.25) is 14.3 Å². The zero-order valence-electron chi connectivity index (χ0n) is 12.8. The molecule has 2 aromatic rings. The quantitative estimate of drug-likeness (QED) is 0.908. The molecule has 5 nitrogen and oxygen atoms in total. The first kappa shape index (κ1) is 15.1. The maximum Gasteiger partial charge on any atom is 0.330 e. The summed E-state index contributed by atoms with van der Waals surface area (Å²) >= 11 is 0. The molecule has 0 saturated heterocycles. The molecule has 112 valence electrons. The lowest BCUT2D eigenvalue weighted by Gasteiger charge is -2.17. The molecule has 0 radical (unpaired) electrons. The van der Waals surface area contributed by atoms with Crippen LogP contribution < -0.4 is 16.6 Å². The molecule has 1 aromatic carbocycles. The van der Waals surface area contributed by atoms with Crippen molar-refractivity contribution in [2.24, 2.45) is 0 Å². The minimum atomic E-state index is -0.392. The van der Waals surface area contributed by atoms with Gasteiger partial charge < -0.3 is 5.32 Å². The van der Waals surface area contributed by atoms with Crippen molar-refractivity contribution in [2.75, 3.05) is 5.32 Å². The number of aromatic amines is 1. The Morgan fingerprint density at radius 1 is 1.14 bits per heavy atom. The smallest absolute Gasteiger partial charge is 0.330 e. The van der Waals surface area contributed by atoms with Crippen LogP contribution in [0.2, 0.25) is 0 Å². The predicted molar refractivity (Wildman–Crippen MR) is 84.9 cm³/mol. The van der Waals surface area contributed by atoms with Gasteiger partial charge in [0.05, 0.1) is 0 Å². The molecule has 0 spiro atoms. The van der Waals surface area contributed by atoms with E-state index in [1.54, 1.807) is 13.8 Å². The van der Waals surface area contributed by atoms with Crippen molar-refractivity contribution in [1.82, 2.24) is 9.55 Å². The first-order valence-electron chi connectivity index (χ1n) is 7.07. The molecular weight excluding hydrogens is 266 g/mol. The fraction of sp³-hybridized carbons (Fsp3) is 0.375. The van der Waals surface area contributed by atoms with Crippen LogP contribution in [0.5, 0.6) is 0 Å². The van der Waals surface area contributed by atoms with Crippen LogP contribution in [0, 0.1) is 6.92 Å². The fourth-order valence-electron chi connectivity index (χ4n) is 2.33. The highest BCUT2D eigenvalue weighted by Crippen LogP contribution is 2.17. The Morgan fingerprint density at radius 2 is 1.86 bits per heavy atom. The maximum atomic E-state index is 12.0. The summed E-state index contributed by atoms with van der Waals surface area (Å²) in [5.41, 5.74) is 1.58. The number of H-pyrrole nitrogens is 1. The van der Waals surface area contributed by atoms with Crippen molar-refractivity contribution in [3.63, 3.8) is 0 Å². The van der Waals surface area contributed by atoms with Crippen LogP contribution in [0.1, 0.15) is 44.0 Å². The van der Waals surface area contributed by atoms with Crippen LogP contribution >= 0.6 is 0 Å². The van der Waals surface area contributed by atoms with E-state index in [0.717, 1.165) is 5.56 Å². The molecule has 0 unspecified atom stereocenters. The molecule has 1 aromatic heterocycles. The predicted octanol–water partition coefficient (Wildman–Crippen LogP) is 2.60. The Morgan fingerprint density at radius 3 is 2.43 bits per heavy atom. The van der Waals surface area contributed by atoms with E-state index in [2.05, 4.69) is 16.4 Å². The minimum absolute atomic E-state index is 0.00477. The van der Waals surface area contributed by atoms with Crippen LogP contribution in [-0.4, -0.2) is 9.55 Å². The first-order valence-corrected chi connectivity index (χ1v) is 7.07. The van der Waals surface area contributed by atoms with Gasteiger partial charge in [0.15, 0.2) is 0 Å². The topological polar surface area (TPSA) is 66.9 Å². The highest BCUT2D eigenvalue weighted by molar-refractivity contribution is 5.37. The summed E-state index contributed by atoms with van der Waals surface area (Å²) in [7, 11) is 0. The largest absolute Gasteiger partial charge is 0.365 e. The molecule has 0 fully saturated rings. The van der Waals surface area contributed by atoms with Gasteiger partial charge in [0.2, 0.25) is 0 Å². The average Bonchev–Trinajstić information content (AvgIpc) is 2.37. The SMILES string of the molecule is Cc1cccc([C@H](C)Nc2cc(=O)n(C(C)C)c(=O)[nH]2)c1. The molecule has 0 amide bonds. The third-order valence-electron chi connectivity index (χ3n) is 3.40. The number of hydrogen-bond donors (Lipinski definition) is 2. The molecule has 0 aliphatic carbocycles. The number of benzene rings is 1. The lowest BCUT2D eigenvalue weighted by atomic mass is 10.1. The van der Waals surface area contributed by atoms with E-state index in [-0.39, 0.29) is 17.6 Å². The molecule has 1 heterocycles. The van der Waals surface area contributed by atoms with Crippen LogP contribution in [0.15, 0.2) is 39.9 Å². The van der Waals surface area contributed by atoms with Crippen molar-refractivity contribution in [1.29, 1.82) is 0 Å². The zero-order chi connectivity index (χ0) is 15.6. The number of aromatic nitrogens is 2. The Balaban J connectivity index is 2.28. The van der Waals surface area contributed by atoms with E-state index >= 15 is 0 Å². The second-order valence-electron chi connectivity index (χ2n) is 5.57. The van der Waals surface area contributed by atoms with Gasteiger partial charge in [-0.2, -0.15) is 0 Å². The molecule has 2 rings (SSSR count). The van der Waals surface area contributed by atoms with Gasteiger partial charge in [0.25, 0.3) is 5.56 Å². The number of anilines is 1. The molecule has 0 aliphatic rings. The second-order valence-corrected chi connectivity index (χ2v) is 5.57. The zero-order valence-corrected chi connectivity index (χ0v) is 12.8. The third-order valence-corrected chi connectivity index (χ3v) is 3.40. The molecule has 1 atom stereocenters. The van der Waals surface area contributed by atoms with Crippen LogP contribution in [0.25, 0.3) is 0 Å². The molecule has 2 N–H and O–H groups in total. The summed E-state index contributed by atoms with van der Waals surface area (Å²) in [5.74, 6) is 0.441. The van der Waals surface area contributed by atoms with Gasteiger partial charge in [0.1, 0.15) is 5.82 Å². The van der Waals surface area contributed by atoms with Crippen molar-refractivity contribution in [3.8, 4) is 0 Å². The van der Waals surface area contributed by atoms with Gasteiger partial charge >= 0.3 is 5.69 Å². The van der Waals surface area contributed by atoms with Crippen molar-refractivity contribution >= 4 is 5.82 Å². The molecule has 21 heavy (non-hydrogen) atoms. The standard InChI is InChI=1S/C16H21N3O2/c1-10(2)19-15(20)9-14(18-16(19)21)17-12(4)13-7-5-6-11(3)8-13/h5-10,12,17H,1-4H3,(H,18,21)/t12-/m0/s1. The summed E-state index contributed by atoms with van der Waals surface area (Å²) in [4.78, 5) is 26.6. The molecule has 0 aliphatic heterocycles. The van der Waals surface area contributed by atoms with Crippen LogP contribution in [-0.2, 0) is 0 Å². The van der Waals surface area contributed by atoms with Gasteiger partial charge in [-0.15, -0.1) is 0 Å². The van der Waals surface area contributed by atoms with Gasteiger partial charge in [0, 0.05) is 18.2 Å². The van der Waals surface area contributed by atoms with E-state index < -0.39 is 5.69 Å². The average molecular weight is 287 g/mol. The van der Waals surface area contributed by atoms with Crippen molar-refractivity contribution < 1.29 is 0 Å². The maximum absolute atomic E-state index is 12.0.